The van der Waals surface area contributed by atoms with Crippen LogP contribution in [0.1, 0.15) is 25.0 Å². The van der Waals surface area contributed by atoms with E-state index in [1.54, 1.807) is 50.2 Å². The largest absolute Gasteiger partial charge is 0.549 e. The zero-order valence-corrected chi connectivity index (χ0v) is 18.9. The number of carboxylic acids is 1. The molecule has 0 bridgehead atoms. The highest BCUT2D eigenvalue weighted by Gasteiger charge is 2.22. The molecule has 0 saturated carbocycles. The van der Waals surface area contributed by atoms with E-state index in [0.717, 1.165) is 11.1 Å². The molecule has 0 aliphatic rings. The van der Waals surface area contributed by atoms with Gasteiger partial charge in [-0.05, 0) is 35.7 Å². The molecule has 2 aromatic carbocycles. The first kappa shape index (κ1) is 22.8. The smallest absolute Gasteiger partial charge is 0.318 e. The highest BCUT2D eigenvalue weighted by Crippen LogP contribution is 2.29. The maximum atomic E-state index is 11.5. The van der Waals surface area contributed by atoms with Crippen molar-refractivity contribution in [2.24, 2.45) is 0 Å². The number of aliphatic carboxylic acids is 1. The number of halogens is 2. The molecular weight excluding hydrogens is 437 g/mol. The number of hydrogen-bond donors (Lipinski definition) is 1. The van der Waals surface area contributed by atoms with Crippen LogP contribution in [0.15, 0.2) is 48.5 Å². The maximum absolute atomic E-state index is 11.5. The van der Waals surface area contributed by atoms with E-state index >= 15 is 0 Å². The van der Waals surface area contributed by atoms with Crippen molar-refractivity contribution in [3.05, 3.63) is 69.7 Å². The van der Waals surface area contributed by atoms with E-state index in [0.29, 0.717) is 40.1 Å². The van der Waals surface area contributed by atoms with Crippen LogP contribution in [-0.4, -0.2) is 29.6 Å². The zero-order chi connectivity index (χ0) is 22.6. The average molecular weight is 459 g/mol. The van der Waals surface area contributed by atoms with Gasteiger partial charge < -0.3 is 20.0 Å². The SMILES string of the molecule is COc1nc(NCCc2ccc(Cl)cc2Cl)cc(-c2cccc(C(C)(C)C(=O)[O-])c2)n1. The number of carbonyl (C=O) groups excluding carboxylic acids is 1. The molecule has 162 valence electrons. The van der Waals surface area contributed by atoms with Crippen LogP contribution in [0.2, 0.25) is 10.0 Å². The number of rotatable bonds is 8. The van der Waals surface area contributed by atoms with Crippen LogP contribution >= 0.6 is 23.2 Å². The Morgan fingerprint density at radius 1 is 1.13 bits per heavy atom. The summed E-state index contributed by atoms with van der Waals surface area (Å²) in [5.74, 6) is -0.565. The summed E-state index contributed by atoms with van der Waals surface area (Å²) in [6, 6.07) is 14.6. The van der Waals surface area contributed by atoms with Crippen LogP contribution in [0, 0.1) is 0 Å². The molecule has 3 rings (SSSR count). The lowest BCUT2D eigenvalue weighted by molar-refractivity contribution is -0.312. The molecular formula is C23H22Cl2N3O3-. The number of nitrogens with one attached hydrogen (secondary N) is 1. The molecule has 6 nitrogen and oxygen atoms in total. The Morgan fingerprint density at radius 3 is 2.58 bits per heavy atom. The van der Waals surface area contributed by atoms with Gasteiger partial charge in [0.1, 0.15) is 5.82 Å². The quantitative estimate of drug-likeness (QED) is 0.545. The molecule has 8 heteroatoms. The van der Waals surface area contributed by atoms with Crippen molar-refractivity contribution in [2.75, 3.05) is 19.0 Å². The molecule has 1 aromatic heterocycles. The first-order valence-electron chi connectivity index (χ1n) is 9.64. The average Bonchev–Trinajstić information content (AvgIpc) is 2.75. The lowest BCUT2D eigenvalue weighted by Gasteiger charge is -2.26. The first-order chi connectivity index (χ1) is 14.7. The predicted octanol–water partition coefficient (Wildman–Crippen LogP) is 4.14. The van der Waals surface area contributed by atoms with Crippen molar-refractivity contribution in [1.82, 2.24) is 9.97 Å². The summed E-state index contributed by atoms with van der Waals surface area (Å²) < 4.78 is 5.25. The third-order valence-corrected chi connectivity index (χ3v) is 5.58. The van der Waals surface area contributed by atoms with Crippen molar-refractivity contribution in [1.29, 1.82) is 0 Å². The second-order valence-electron chi connectivity index (χ2n) is 7.53. The fourth-order valence-corrected chi connectivity index (χ4v) is 3.49. The predicted molar refractivity (Wildman–Crippen MR) is 121 cm³/mol. The van der Waals surface area contributed by atoms with Gasteiger partial charge in [0.15, 0.2) is 0 Å². The Kier molecular flexibility index (Phi) is 7.03. The molecule has 0 saturated heterocycles. The van der Waals surface area contributed by atoms with Gasteiger partial charge in [0.25, 0.3) is 0 Å². The molecule has 3 aromatic rings. The number of carboxylic acid groups (broad SMARTS) is 1. The summed E-state index contributed by atoms with van der Waals surface area (Å²) >= 11 is 12.2. The summed E-state index contributed by atoms with van der Waals surface area (Å²) in [4.78, 5) is 20.3. The summed E-state index contributed by atoms with van der Waals surface area (Å²) in [7, 11) is 1.49. The molecule has 0 fully saturated rings. The van der Waals surface area contributed by atoms with Crippen LogP contribution in [-0.2, 0) is 16.6 Å². The minimum absolute atomic E-state index is 0.203. The van der Waals surface area contributed by atoms with Crippen LogP contribution < -0.4 is 15.2 Å². The molecule has 1 heterocycles. The monoisotopic (exact) mass is 458 g/mol. The molecule has 0 aliphatic carbocycles. The minimum atomic E-state index is -1.15. The Bertz CT molecular complexity index is 1100. The third kappa shape index (κ3) is 5.46. The van der Waals surface area contributed by atoms with E-state index in [1.807, 2.05) is 12.1 Å². The number of methoxy groups -OCH3 is 1. The van der Waals surface area contributed by atoms with Gasteiger partial charge in [-0.3, -0.25) is 0 Å². The Morgan fingerprint density at radius 2 is 1.90 bits per heavy atom. The zero-order valence-electron chi connectivity index (χ0n) is 17.4. The van der Waals surface area contributed by atoms with Crippen LogP contribution in [0.5, 0.6) is 6.01 Å². The third-order valence-electron chi connectivity index (χ3n) is 4.99. The molecule has 1 N–H and O–H groups in total. The van der Waals surface area contributed by atoms with E-state index in [1.165, 1.54) is 7.11 Å². The second kappa shape index (κ2) is 9.54. The number of carbonyl (C=O) groups is 1. The number of ether oxygens (including phenoxy) is 1. The maximum Gasteiger partial charge on any atom is 0.318 e. The van der Waals surface area contributed by atoms with Crippen LogP contribution in [0.25, 0.3) is 11.3 Å². The van der Waals surface area contributed by atoms with Gasteiger partial charge in [-0.25, -0.2) is 0 Å². The lowest BCUT2D eigenvalue weighted by atomic mass is 9.84. The van der Waals surface area contributed by atoms with Crippen molar-refractivity contribution >= 4 is 35.0 Å². The van der Waals surface area contributed by atoms with Gasteiger partial charge in [0.2, 0.25) is 0 Å². The van der Waals surface area contributed by atoms with Crippen molar-refractivity contribution in [2.45, 2.75) is 25.7 Å². The van der Waals surface area contributed by atoms with Gasteiger partial charge in [-0.15, -0.1) is 0 Å². The van der Waals surface area contributed by atoms with E-state index < -0.39 is 11.4 Å². The minimum Gasteiger partial charge on any atom is -0.549 e. The lowest BCUT2D eigenvalue weighted by Crippen LogP contribution is -2.41. The summed E-state index contributed by atoms with van der Waals surface area (Å²) in [6.07, 6.45) is 0.674. The highest BCUT2D eigenvalue weighted by atomic mass is 35.5. The van der Waals surface area contributed by atoms with Crippen LogP contribution in [0.3, 0.4) is 0 Å². The summed E-state index contributed by atoms with van der Waals surface area (Å²) in [5, 5.41) is 16.0. The van der Waals surface area contributed by atoms with Crippen molar-refractivity contribution in [3.8, 4) is 17.3 Å². The molecule has 31 heavy (non-hydrogen) atoms. The van der Waals surface area contributed by atoms with Crippen molar-refractivity contribution in [3.63, 3.8) is 0 Å². The Hall–Kier alpha value is -2.83. The molecule has 0 amide bonds. The number of anilines is 1. The van der Waals surface area contributed by atoms with E-state index in [-0.39, 0.29) is 6.01 Å². The van der Waals surface area contributed by atoms with Gasteiger partial charge in [-0.1, -0.05) is 61.3 Å². The number of hydrogen-bond acceptors (Lipinski definition) is 6. The molecule has 0 radical (unpaired) electrons. The molecule has 0 atom stereocenters. The number of nitrogens with zero attached hydrogens (tertiary/aromatic N) is 2. The van der Waals surface area contributed by atoms with Gasteiger partial charge in [0.05, 0.1) is 18.8 Å². The fraction of sp³-hybridized carbons (Fsp3) is 0.261. The Balaban J connectivity index is 1.83. The molecule has 0 spiro atoms. The normalized spacial score (nSPS) is 11.3. The van der Waals surface area contributed by atoms with Crippen molar-refractivity contribution < 1.29 is 14.6 Å². The second-order valence-corrected chi connectivity index (χ2v) is 8.37. The van der Waals surface area contributed by atoms with E-state index in [9.17, 15) is 9.90 Å². The van der Waals surface area contributed by atoms with Gasteiger partial charge >= 0.3 is 6.01 Å². The molecule has 0 aliphatic heterocycles. The topological polar surface area (TPSA) is 87.2 Å². The highest BCUT2D eigenvalue weighted by molar-refractivity contribution is 6.35. The van der Waals surface area contributed by atoms with E-state index in [4.69, 9.17) is 27.9 Å². The number of aromatic nitrogens is 2. The summed E-state index contributed by atoms with van der Waals surface area (Å²) in [5.41, 5.74) is 1.81. The standard InChI is InChI=1S/C23H23Cl2N3O3/c1-23(2,21(29)30)16-6-4-5-15(11-16)19-13-20(28-22(27-19)31-3)26-10-9-14-7-8-17(24)12-18(14)25/h4-8,11-13H,9-10H2,1-3H3,(H,29,30)(H,26,27,28)/p-1. The van der Waals surface area contributed by atoms with Gasteiger partial charge in [0, 0.05) is 33.6 Å². The van der Waals surface area contributed by atoms with Gasteiger partial charge in [-0.2, -0.15) is 9.97 Å². The Labute approximate surface area is 191 Å². The fourth-order valence-electron chi connectivity index (χ4n) is 2.99. The molecule has 0 unspecified atom stereocenters. The van der Waals surface area contributed by atoms with Crippen LogP contribution in [0.4, 0.5) is 5.82 Å². The van der Waals surface area contributed by atoms with E-state index in [2.05, 4.69) is 15.3 Å². The summed E-state index contributed by atoms with van der Waals surface area (Å²) in [6.45, 7) is 3.80. The number of benzene rings is 2. The first-order valence-corrected chi connectivity index (χ1v) is 10.4.